The lowest BCUT2D eigenvalue weighted by Gasteiger charge is -2.33. The van der Waals surface area contributed by atoms with Crippen molar-refractivity contribution in [1.29, 1.82) is 5.26 Å². The van der Waals surface area contributed by atoms with Crippen LogP contribution >= 0.6 is 0 Å². The van der Waals surface area contributed by atoms with Crippen LogP contribution in [0.25, 0.3) is 0 Å². The lowest BCUT2D eigenvalue weighted by atomic mass is 10.0. The van der Waals surface area contributed by atoms with Gasteiger partial charge in [0.2, 0.25) is 0 Å². The van der Waals surface area contributed by atoms with E-state index in [0.29, 0.717) is 11.3 Å². The first-order chi connectivity index (χ1) is 9.13. The monoisotopic (exact) mass is 260 g/mol. The molecule has 6 heteroatoms. The Bertz CT molecular complexity index is 518. The molecule has 1 aromatic carbocycles. The SMILES string of the molecule is CN(c1cc(C#N)ccc1[N+](=O)[O-])C1CCCNC1. The van der Waals surface area contributed by atoms with Crippen LogP contribution in [0.1, 0.15) is 18.4 Å². The van der Waals surface area contributed by atoms with Crippen molar-refractivity contribution >= 4 is 11.4 Å². The van der Waals surface area contributed by atoms with Crippen LogP contribution in [0, 0.1) is 21.4 Å². The van der Waals surface area contributed by atoms with Crippen LogP contribution in [0.2, 0.25) is 0 Å². The molecule has 0 bridgehead atoms. The number of nitro groups is 1. The number of nitro benzene ring substituents is 1. The van der Waals surface area contributed by atoms with Gasteiger partial charge in [-0.15, -0.1) is 0 Å². The van der Waals surface area contributed by atoms with Crippen LogP contribution in [-0.4, -0.2) is 31.1 Å². The van der Waals surface area contributed by atoms with Gasteiger partial charge in [-0.1, -0.05) is 0 Å². The highest BCUT2D eigenvalue weighted by Crippen LogP contribution is 2.30. The predicted octanol–water partition coefficient (Wildman–Crippen LogP) is 1.65. The van der Waals surface area contributed by atoms with Crippen LogP contribution in [0.4, 0.5) is 11.4 Å². The summed E-state index contributed by atoms with van der Waals surface area (Å²) in [5.74, 6) is 0. The molecule has 0 saturated carbocycles. The van der Waals surface area contributed by atoms with Crippen molar-refractivity contribution in [2.75, 3.05) is 25.0 Å². The highest BCUT2D eigenvalue weighted by Gasteiger charge is 2.24. The standard InChI is InChI=1S/C13H16N4O2/c1-16(11-3-2-6-15-9-11)13-7-10(8-14)4-5-12(13)17(18)19/h4-5,7,11,15H,2-3,6,9H2,1H3. The zero-order valence-corrected chi connectivity index (χ0v) is 10.8. The first kappa shape index (κ1) is 13.3. The number of anilines is 1. The lowest BCUT2D eigenvalue weighted by molar-refractivity contribution is -0.384. The third kappa shape index (κ3) is 2.83. The minimum absolute atomic E-state index is 0.0482. The van der Waals surface area contributed by atoms with Crippen LogP contribution in [-0.2, 0) is 0 Å². The number of benzene rings is 1. The molecule has 0 aromatic heterocycles. The maximum atomic E-state index is 11.1. The fourth-order valence-electron chi connectivity index (χ4n) is 2.39. The van der Waals surface area contributed by atoms with Crippen molar-refractivity contribution in [3.05, 3.63) is 33.9 Å². The molecule has 1 unspecified atom stereocenters. The van der Waals surface area contributed by atoms with Gasteiger partial charge < -0.3 is 10.2 Å². The quantitative estimate of drug-likeness (QED) is 0.660. The maximum absolute atomic E-state index is 11.1. The first-order valence-corrected chi connectivity index (χ1v) is 6.25. The summed E-state index contributed by atoms with van der Waals surface area (Å²) in [5.41, 5.74) is 1.00. The Kier molecular flexibility index (Phi) is 3.97. The minimum Gasteiger partial charge on any atom is -0.365 e. The van der Waals surface area contributed by atoms with Crippen molar-refractivity contribution in [2.24, 2.45) is 0 Å². The van der Waals surface area contributed by atoms with Crippen molar-refractivity contribution in [1.82, 2.24) is 5.32 Å². The van der Waals surface area contributed by atoms with E-state index in [4.69, 9.17) is 5.26 Å². The molecule has 19 heavy (non-hydrogen) atoms. The van der Waals surface area contributed by atoms with E-state index < -0.39 is 4.92 Å². The lowest BCUT2D eigenvalue weighted by Crippen LogP contribution is -2.44. The highest BCUT2D eigenvalue weighted by molar-refractivity contribution is 5.66. The molecular weight excluding hydrogens is 244 g/mol. The maximum Gasteiger partial charge on any atom is 0.292 e. The van der Waals surface area contributed by atoms with E-state index in [1.54, 1.807) is 6.07 Å². The summed E-state index contributed by atoms with van der Waals surface area (Å²) in [7, 11) is 1.85. The van der Waals surface area contributed by atoms with Crippen LogP contribution in [0.15, 0.2) is 18.2 Å². The Morgan fingerprint density at radius 2 is 2.37 bits per heavy atom. The molecule has 1 atom stereocenters. The Hall–Kier alpha value is -2.13. The van der Waals surface area contributed by atoms with E-state index in [-0.39, 0.29) is 11.7 Å². The van der Waals surface area contributed by atoms with Gasteiger partial charge >= 0.3 is 0 Å². The second-order valence-electron chi connectivity index (χ2n) is 4.68. The molecule has 1 heterocycles. The molecule has 0 aliphatic carbocycles. The van der Waals surface area contributed by atoms with E-state index in [2.05, 4.69) is 5.32 Å². The second kappa shape index (κ2) is 5.67. The molecule has 100 valence electrons. The number of rotatable bonds is 3. The van der Waals surface area contributed by atoms with Crippen LogP contribution in [0.5, 0.6) is 0 Å². The Labute approximate surface area is 111 Å². The van der Waals surface area contributed by atoms with Crippen LogP contribution < -0.4 is 10.2 Å². The van der Waals surface area contributed by atoms with Gasteiger partial charge in [0.15, 0.2) is 0 Å². The minimum atomic E-state index is -0.400. The normalized spacial score (nSPS) is 18.6. The fourth-order valence-corrected chi connectivity index (χ4v) is 2.39. The Morgan fingerprint density at radius 3 is 2.95 bits per heavy atom. The summed E-state index contributed by atoms with van der Waals surface area (Å²) in [6.07, 6.45) is 2.05. The van der Waals surface area contributed by atoms with Crippen LogP contribution in [0.3, 0.4) is 0 Å². The van der Waals surface area contributed by atoms with Crippen molar-refractivity contribution in [2.45, 2.75) is 18.9 Å². The molecule has 0 amide bonds. The smallest absolute Gasteiger partial charge is 0.292 e. The number of nitriles is 1. The number of hydrogen-bond donors (Lipinski definition) is 1. The summed E-state index contributed by atoms with van der Waals surface area (Å²) in [5, 5.41) is 23.3. The van der Waals surface area contributed by atoms with Gasteiger partial charge in [-0.05, 0) is 31.5 Å². The van der Waals surface area contributed by atoms with E-state index in [1.165, 1.54) is 12.1 Å². The fraction of sp³-hybridized carbons (Fsp3) is 0.462. The number of nitrogens with one attached hydrogen (secondary N) is 1. The molecule has 0 spiro atoms. The number of likely N-dealkylation sites (N-methyl/N-ethyl adjacent to an activating group) is 1. The average molecular weight is 260 g/mol. The molecule has 2 rings (SSSR count). The Morgan fingerprint density at radius 1 is 1.58 bits per heavy atom. The largest absolute Gasteiger partial charge is 0.365 e. The molecule has 1 aliphatic rings. The summed E-state index contributed by atoms with van der Waals surface area (Å²) < 4.78 is 0. The molecule has 1 fully saturated rings. The van der Waals surface area contributed by atoms with Gasteiger partial charge in [0.05, 0.1) is 16.6 Å². The van der Waals surface area contributed by atoms with Gasteiger partial charge in [-0.25, -0.2) is 0 Å². The molecule has 1 aliphatic heterocycles. The molecular formula is C13H16N4O2. The molecule has 1 saturated heterocycles. The Balaban J connectivity index is 2.35. The van der Waals surface area contributed by atoms with Gasteiger partial charge in [0, 0.05) is 25.7 Å². The number of hydrogen-bond acceptors (Lipinski definition) is 5. The summed E-state index contributed by atoms with van der Waals surface area (Å²) in [4.78, 5) is 12.6. The predicted molar refractivity (Wildman–Crippen MR) is 72.1 cm³/mol. The second-order valence-corrected chi connectivity index (χ2v) is 4.68. The molecule has 6 nitrogen and oxygen atoms in total. The van der Waals surface area contributed by atoms with Crippen molar-refractivity contribution < 1.29 is 4.92 Å². The number of nitrogens with zero attached hydrogens (tertiary/aromatic N) is 3. The topological polar surface area (TPSA) is 82.2 Å². The van der Waals surface area contributed by atoms with Gasteiger partial charge in [-0.3, -0.25) is 10.1 Å². The van der Waals surface area contributed by atoms with Crippen molar-refractivity contribution in [3.63, 3.8) is 0 Å². The summed E-state index contributed by atoms with van der Waals surface area (Å²) in [6.45, 7) is 1.80. The molecule has 0 radical (unpaired) electrons. The van der Waals surface area contributed by atoms with E-state index in [0.717, 1.165) is 25.9 Å². The highest BCUT2D eigenvalue weighted by atomic mass is 16.6. The summed E-state index contributed by atoms with van der Waals surface area (Å²) in [6, 6.07) is 6.72. The van der Waals surface area contributed by atoms with E-state index in [9.17, 15) is 10.1 Å². The van der Waals surface area contributed by atoms with Crippen molar-refractivity contribution in [3.8, 4) is 6.07 Å². The zero-order chi connectivity index (χ0) is 13.8. The first-order valence-electron chi connectivity index (χ1n) is 6.25. The molecule has 1 aromatic rings. The third-order valence-electron chi connectivity index (χ3n) is 3.50. The van der Waals surface area contributed by atoms with E-state index in [1.807, 2.05) is 18.0 Å². The van der Waals surface area contributed by atoms with E-state index >= 15 is 0 Å². The van der Waals surface area contributed by atoms with Gasteiger partial charge in [-0.2, -0.15) is 5.26 Å². The van der Waals surface area contributed by atoms with Gasteiger partial charge in [0.25, 0.3) is 5.69 Å². The summed E-state index contributed by atoms with van der Waals surface area (Å²) >= 11 is 0. The zero-order valence-electron chi connectivity index (χ0n) is 10.8. The molecule has 1 N–H and O–H groups in total. The number of piperidine rings is 1. The average Bonchev–Trinajstić information content (AvgIpc) is 2.46. The third-order valence-corrected chi connectivity index (χ3v) is 3.50. The van der Waals surface area contributed by atoms with Gasteiger partial charge in [0.1, 0.15) is 5.69 Å².